The molecule has 3 aliphatic rings. The van der Waals surface area contributed by atoms with Crippen LogP contribution in [0.5, 0.6) is 0 Å². The number of pyridine rings is 1. The first-order valence-electron chi connectivity index (χ1n) is 27.5. The normalized spacial score (nSPS) is 17.7. The average Bonchev–Trinajstić information content (AvgIpc) is 4.05. The van der Waals surface area contributed by atoms with Crippen molar-refractivity contribution in [3.8, 4) is 10.4 Å². The highest BCUT2D eigenvalue weighted by Gasteiger charge is 2.44. The van der Waals surface area contributed by atoms with Crippen molar-refractivity contribution < 1.29 is 33.9 Å². The van der Waals surface area contributed by atoms with Crippen LogP contribution in [0.2, 0.25) is 0 Å². The minimum Gasteiger partial charge on any atom is -0.391 e. The summed E-state index contributed by atoms with van der Waals surface area (Å²) in [5.74, 6) is -0.232. The lowest BCUT2D eigenvalue weighted by molar-refractivity contribution is -0.144. The Kier molecular flexibility index (Phi) is 21.1. The molecule has 7 rings (SSSR count). The van der Waals surface area contributed by atoms with Gasteiger partial charge >= 0.3 is 0 Å². The number of aromatic nitrogens is 2. The summed E-state index contributed by atoms with van der Waals surface area (Å²) in [7, 11) is 0. The molecule has 4 N–H and O–H groups in total. The van der Waals surface area contributed by atoms with Gasteiger partial charge in [-0.25, -0.2) is 4.98 Å². The largest absolute Gasteiger partial charge is 0.391 e. The summed E-state index contributed by atoms with van der Waals surface area (Å²) >= 11 is 1.58. The maximum absolute atomic E-state index is 14.1. The Morgan fingerprint density at radius 2 is 1.53 bits per heavy atom. The zero-order valence-electron chi connectivity index (χ0n) is 45.0. The number of nitrogens with one attached hydrogen (secondary N) is 3. The summed E-state index contributed by atoms with van der Waals surface area (Å²) in [6, 6.07) is 17.8. The lowest BCUT2D eigenvalue weighted by Gasteiger charge is -2.36. The number of rotatable bonds is 23. The van der Waals surface area contributed by atoms with Gasteiger partial charge < -0.3 is 40.7 Å². The van der Waals surface area contributed by atoms with Crippen LogP contribution in [0.1, 0.15) is 131 Å². The maximum atomic E-state index is 14.1. The van der Waals surface area contributed by atoms with Gasteiger partial charge in [0.15, 0.2) is 0 Å². The van der Waals surface area contributed by atoms with Crippen molar-refractivity contribution in [2.24, 2.45) is 11.3 Å². The van der Waals surface area contributed by atoms with Gasteiger partial charge in [-0.05, 0) is 103 Å². The number of nitrogens with zero attached hydrogens (tertiary/aromatic N) is 6. The van der Waals surface area contributed by atoms with E-state index in [0.29, 0.717) is 44.0 Å². The summed E-state index contributed by atoms with van der Waals surface area (Å²) in [6.07, 6.45) is 15.8. The van der Waals surface area contributed by atoms with E-state index in [-0.39, 0.29) is 61.4 Å². The molecule has 76 heavy (non-hydrogen) atoms. The molecule has 408 valence electrons. The zero-order chi connectivity index (χ0) is 54.0. The molecule has 3 atom stereocenters. The molecule has 6 amide bonds. The monoisotopic (exact) mass is 1060 g/mol. The van der Waals surface area contributed by atoms with Crippen molar-refractivity contribution in [1.82, 2.24) is 40.6 Å². The summed E-state index contributed by atoms with van der Waals surface area (Å²) in [6.45, 7) is 12.8. The molecule has 0 saturated carbocycles. The second kappa shape index (κ2) is 28.1. The van der Waals surface area contributed by atoms with Gasteiger partial charge in [-0.1, -0.05) is 83.2 Å². The van der Waals surface area contributed by atoms with Gasteiger partial charge in [-0.15, -0.1) is 11.3 Å². The molecule has 0 bridgehead atoms. The third-order valence-electron chi connectivity index (χ3n) is 15.0. The number of carbonyl (C=O) groups excluding carboxylic acids is 6. The molecule has 3 saturated heterocycles. The van der Waals surface area contributed by atoms with Gasteiger partial charge in [-0.3, -0.25) is 33.8 Å². The first kappa shape index (κ1) is 57.2. The molecule has 3 aliphatic heterocycles. The van der Waals surface area contributed by atoms with Gasteiger partial charge in [0.2, 0.25) is 29.5 Å². The Morgan fingerprint density at radius 3 is 2.20 bits per heavy atom. The van der Waals surface area contributed by atoms with Gasteiger partial charge in [0.05, 0.1) is 22.2 Å². The van der Waals surface area contributed by atoms with Gasteiger partial charge in [0, 0.05) is 108 Å². The first-order valence-corrected chi connectivity index (χ1v) is 28.3. The van der Waals surface area contributed by atoms with Crippen molar-refractivity contribution in [3.63, 3.8) is 0 Å². The summed E-state index contributed by atoms with van der Waals surface area (Å²) in [5, 5.41) is 19.5. The first-order chi connectivity index (χ1) is 36.6. The molecule has 0 unspecified atom stereocenters. The number of anilines is 1. The van der Waals surface area contributed by atoms with Crippen molar-refractivity contribution in [3.05, 3.63) is 107 Å². The molecular weight excluding hydrogens is 979 g/mol. The predicted molar refractivity (Wildman–Crippen MR) is 298 cm³/mol. The molecule has 16 nitrogen and oxygen atoms in total. The highest BCUT2D eigenvalue weighted by molar-refractivity contribution is 7.13. The van der Waals surface area contributed by atoms with Gasteiger partial charge in [0.25, 0.3) is 5.91 Å². The predicted octanol–water partition coefficient (Wildman–Crippen LogP) is 7.55. The number of likely N-dealkylation sites (tertiary alicyclic amines) is 2. The van der Waals surface area contributed by atoms with E-state index in [1.54, 1.807) is 35.9 Å². The number of benzene rings is 2. The van der Waals surface area contributed by atoms with Crippen LogP contribution < -0.4 is 20.9 Å². The van der Waals surface area contributed by atoms with Crippen LogP contribution in [0.25, 0.3) is 16.5 Å². The second-order valence-corrected chi connectivity index (χ2v) is 22.6. The van der Waals surface area contributed by atoms with E-state index in [1.807, 2.05) is 104 Å². The number of carbonyl (C=O) groups is 6. The average molecular weight is 1060 g/mol. The van der Waals surface area contributed by atoms with E-state index in [2.05, 4.69) is 30.8 Å². The Bertz CT molecular complexity index is 2570. The second-order valence-electron chi connectivity index (χ2n) is 21.8. The number of hydrogen-bond acceptors (Lipinski definition) is 11. The van der Waals surface area contributed by atoms with E-state index < -0.39 is 23.6 Å². The molecule has 0 aliphatic carbocycles. The molecule has 4 aromatic rings. The quantitative estimate of drug-likeness (QED) is 0.0425. The summed E-state index contributed by atoms with van der Waals surface area (Å²) in [4.78, 5) is 96.5. The van der Waals surface area contributed by atoms with E-state index in [0.717, 1.165) is 117 Å². The summed E-state index contributed by atoms with van der Waals surface area (Å²) in [5.41, 5.74) is 6.75. The topological polar surface area (TPSA) is 197 Å². The van der Waals surface area contributed by atoms with Crippen LogP contribution in [0.4, 0.5) is 5.69 Å². The van der Waals surface area contributed by atoms with Crippen molar-refractivity contribution in [2.45, 2.75) is 136 Å². The fraction of sp³-hybridized carbons (Fsp3) is 0.525. The Hall–Kier alpha value is -6.46. The number of piperidine rings is 1. The molecule has 2 aromatic heterocycles. The van der Waals surface area contributed by atoms with E-state index in [1.165, 1.54) is 4.90 Å². The van der Waals surface area contributed by atoms with Crippen LogP contribution in [0.3, 0.4) is 0 Å². The highest BCUT2D eigenvalue weighted by Crippen LogP contribution is 2.30. The fourth-order valence-electron chi connectivity index (χ4n) is 10.4. The molecule has 5 heterocycles. The van der Waals surface area contributed by atoms with Crippen molar-refractivity contribution in [1.29, 1.82) is 0 Å². The van der Waals surface area contributed by atoms with Crippen molar-refractivity contribution >= 4 is 58.5 Å². The lowest BCUT2D eigenvalue weighted by Crippen LogP contribution is -2.57. The third-order valence-corrected chi connectivity index (χ3v) is 15.9. The van der Waals surface area contributed by atoms with E-state index >= 15 is 0 Å². The zero-order valence-corrected chi connectivity index (χ0v) is 45.8. The lowest BCUT2D eigenvalue weighted by atomic mass is 9.85. The van der Waals surface area contributed by atoms with Crippen LogP contribution in [-0.4, -0.2) is 136 Å². The number of aryl methyl sites for hydroxylation is 1. The summed E-state index contributed by atoms with van der Waals surface area (Å²) < 4.78 is 0. The smallest absolute Gasteiger partial charge is 0.253 e. The highest BCUT2D eigenvalue weighted by atomic mass is 32.1. The number of piperazine rings is 1. The Morgan fingerprint density at radius 1 is 0.816 bits per heavy atom. The standard InChI is InChI=1S/C59H79N9O7S/c1-42-54(76-41-63-42)46-20-17-45(18-21-46)39-62-56(73)50-37-49(69)40-68(50)58(75)55(59(2,3)4)64-52(71)15-8-6-5-7-9-16-53(72)66-35-33-65(34-36-66)48-24-22-47(23-25-48)57(74)67-31-27-43(28-32-67)13-10-11-30-61-51(70)26-19-44-14-12-29-60-38-44/h12,14,17-26,29,38,41,43,49-50,55,69H,5-11,13,15-16,27-28,30-37,39-40H2,1-4H3,(H,61,70)(H,62,73)(H,64,71)/b26-19+/t49-,50+,55-/m1/s1. The fourth-order valence-corrected chi connectivity index (χ4v) is 11.2. The SMILES string of the molecule is Cc1ncsc1-c1ccc(CNC(=O)[C@@H]2C[C@@H](O)CN2C(=O)[C@@H](NC(=O)CCCCCCCC(=O)N2CCN(c3ccc(C(=O)N4CCC(CCCCNC(=O)/C=C/c5cccnc5)CC4)cc3)CC2)C(C)(C)C)cc1. The van der Waals surface area contributed by atoms with Crippen LogP contribution >= 0.6 is 11.3 Å². The number of aliphatic hydroxyl groups excluding tert-OH is 1. The molecule has 3 fully saturated rings. The van der Waals surface area contributed by atoms with Crippen LogP contribution in [0, 0.1) is 18.3 Å². The molecule has 17 heteroatoms. The molecule has 0 radical (unpaired) electrons. The Labute approximate surface area is 453 Å². The van der Waals surface area contributed by atoms with E-state index in [9.17, 15) is 33.9 Å². The number of thiazole rings is 1. The Balaban J connectivity index is 0.728. The number of β-amino-alcohol motifs (C(OH)–C–C–N with tert-alkyl or cyclic N) is 1. The van der Waals surface area contributed by atoms with Crippen molar-refractivity contribution in [2.75, 3.05) is 57.3 Å². The molecule has 2 aromatic carbocycles. The maximum Gasteiger partial charge on any atom is 0.253 e. The number of aliphatic hydroxyl groups is 1. The number of amides is 6. The molecule has 0 spiro atoms. The van der Waals surface area contributed by atoms with Gasteiger partial charge in [-0.2, -0.15) is 0 Å². The van der Waals surface area contributed by atoms with Gasteiger partial charge in [0.1, 0.15) is 12.1 Å². The third kappa shape index (κ3) is 16.8. The molecular formula is C59H79N9O7S. The van der Waals surface area contributed by atoms with E-state index in [4.69, 9.17) is 0 Å². The van der Waals surface area contributed by atoms with Crippen LogP contribution in [0.15, 0.2) is 84.6 Å². The minimum absolute atomic E-state index is 0.0173. The van der Waals surface area contributed by atoms with Crippen LogP contribution in [-0.2, 0) is 30.5 Å². The number of unbranched alkanes of at least 4 members (excludes halogenated alkanes) is 5. The minimum atomic E-state index is -0.878. The number of hydrogen-bond donors (Lipinski definition) is 4.